The Hall–Kier alpha value is -0.580. The smallest absolute Gasteiger partial charge is 0.212 e. The zero-order valence-electron chi connectivity index (χ0n) is 9.40. The van der Waals surface area contributed by atoms with Crippen LogP contribution in [-0.4, -0.2) is 14.2 Å². The molecular weight excluding hydrogens is 246 g/mol. The van der Waals surface area contributed by atoms with Crippen molar-refractivity contribution < 1.29 is 8.42 Å². The highest BCUT2D eigenvalue weighted by Gasteiger charge is 2.14. The maximum absolute atomic E-state index is 11.6. The third-order valence-corrected chi connectivity index (χ3v) is 4.07. The third kappa shape index (κ3) is 4.12. The number of halogens is 1. The molecule has 0 saturated carbocycles. The van der Waals surface area contributed by atoms with Gasteiger partial charge in [-0.25, -0.2) is 13.1 Å². The van der Waals surface area contributed by atoms with E-state index in [9.17, 15) is 8.42 Å². The SMILES string of the molecule is CCCS(=O)(=O)N[C@@H](C)c1cccc(Cl)c1. The van der Waals surface area contributed by atoms with Crippen molar-refractivity contribution in [1.82, 2.24) is 4.72 Å². The molecule has 0 heterocycles. The van der Waals surface area contributed by atoms with Crippen LogP contribution in [0.15, 0.2) is 24.3 Å². The first kappa shape index (κ1) is 13.5. The van der Waals surface area contributed by atoms with Crippen LogP contribution in [0.3, 0.4) is 0 Å². The molecule has 1 aromatic rings. The highest BCUT2D eigenvalue weighted by molar-refractivity contribution is 7.89. The summed E-state index contributed by atoms with van der Waals surface area (Å²) in [5.41, 5.74) is 0.868. The van der Waals surface area contributed by atoms with E-state index in [4.69, 9.17) is 11.6 Å². The molecule has 0 aliphatic rings. The monoisotopic (exact) mass is 261 g/mol. The van der Waals surface area contributed by atoms with Gasteiger partial charge in [0.2, 0.25) is 10.0 Å². The number of hydrogen-bond acceptors (Lipinski definition) is 2. The largest absolute Gasteiger partial charge is 0.212 e. The Balaban J connectivity index is 2.76. The first-order valence-electron chi connectivity index (χ1n) is 5.20. The fourth-order valence-electron chi connectivity index (χ4n) is 1.44. The molecule has 16 heavy (non-hydrogen) atoms. The number of rotatable bonds is 5. The number of benzene rings is 1. The van der Waals surface area contributed by atoms with E-state index in [1.54, 1.807) is 19.1 Å². The van der Waals surface area contributed by atoms with E-state index >= 15 is 0 Å². The molecule has 0 spiro atoms. The van der Waals surface area contributed by atoms with Crippen LogP contribution >= 0.6 is 11.6 Å². The van der Waals surface area contributed by atoms with Crippen molar-refractivity contribution >= 4 is 21.6 Å². The fourth-order valence-corrected chi connectivity index (χ4v) is 2.97. The number of sulfonamides is 1. The van der Waals surface area contributed by atoms with Gasteiger partial charge >= 0.3 is 0 Å². The fraction of sp³-hybridized carbons (Fsp3) is 0.455. The zero-order chi connectivity index (χ0) is 12.2. The molecule has 0 amide bonds. The summed E-state index contributed by atoms with van der Waals surface area (Å²) in [6.45, 7) is 3.64. The van der Waals surface area contributed by atoms with Gasteiger partial charge in [0, 0.05) is 11.1 Å². The van der Waals surface area contributed by atoms with Crippen LogP contribution in [0.5, 0.6) is 0 Å². The van der Waals surface area contributed by atoms with Crippen LogP contribution in [0.1, 0.15) is 31.9 Å². The van der Waals surface area contributed by atoms with Gasteiger partial charge in [-0.3, -0.25) is 0 Å². The lowest BCUT2D eigenvalue weighted by Gasteiger charge is -2.14. The van der Waals surface area contributed by atoms with Gasteiger partial charge in [-0.15, -0.1) is 0 Å². The summed E-state index contributed by atoms with van der Waals surface area (Å²) in [7, 11) is -3.18. The molecule has 1 rings (SSSR count). The molecule has 0 aliphatic carbocycles. The molecule has 1 N–H and O–H groups in total. The quantitative estimate of drug-likeness (QED) is 0.886. The summed E-state index contributed by atoms with van der Waals surface area (Å²) >= 11 is 5.84. The zero-order valence-corrected chi connectivity index (χ0v) is 11.0. The predicted molar refractivity (Wildman–Crippen MR) is 67.1 cm³/mol. The van der Waals surface area contributed by atoms with Crippen molar-refractivity contribution in [2.75, 3.05) is 5.75 Å². The second-order valence-corrected chi connectivity index (χ2v) is 6.02. The average Bonchev–Trinajstić information content (AvgIpc) is 2.16. The van der Waals surface area contributed by atoms with Crippen LogP contribution < -0.4 is 4.72 Å². The highest BCUT2D eigenvalue weighted by Crippen LogP contribution is 2.18. The molecule has 0 aromatic heterocycles. The van der Waals surface area contributed by atoms with Crippen molar-refractivity contribution in [3.05, 3.63) is 34.9 Å². The summed E-state index contributed by atoms with van der Waals surface area (Å²) in [4.78, 5) is 0. The van der Waals surface area contributed by atoms with E-state index in [-0.39, 0.29) is 11.8 Å². The van der Waals surface area contributed by atoms with Gasteiger partial charge < -0.3 is 0 Å². The minimum absolute atomic E-state index is 0.151. The predicted octanol–water partition coefficient (Wildman–Crippen LogP) is 2.73. The summed E-state index contributed by atoms with van der Waals surface area (Å²) in [6.07, 6.45) is 0.609. The van der Waals surface area contributed by atoms with Gasteiger partial charge in [-0.1, -0.05) is 30.7 Å². The normalized spacial score (nSPS) is 13.7. The summed E-state index contributed by atoms with van der Waals surface area (Å²) in [5.74, 6) is 0.151. The van der Waals surface area contributed by atoms with E-state index in [0.717, 1.165) is 5.56 Å². The van der Waals surface area contributed by atoms with E-state index in [2.05, 4.69) is 4.72 Å². The Morgan fingerprint density at radius 2 is 2.12 bits per heavy atom. The first-order chi connectivity index (χ1) is 7.44. The molecule has 0 aliphatic heterocycles. The molecular formula is C11H16ClNO2S. The molecule has 0 bridgehead atoms. The second-order valence-electron chi connectivity index (χ2n) is 3.71. The lowest BCUT2D eigenvalue weighted by molar-refractivity contribution is 0.565. The molecule has 1 atom stereocenters. The molecule has 90 valence electrons. The van der Waals surface area contributed by atoms with Gasteiger partial charge in [0.1, 0.15) is 0 Å². The van der Waals surface area contributed by atoms with Crippen molar-refractivity contribution in [2.45, 2.75) is 26.3 Å². The van der Waals surface area contributed by atoms with E-state index in [0.29, 0.717) is 11.4 Å². The summed E-state index contributed by atoms with van der Waals surface area (Å²) in [6, 6.07) is 6.93. The number of nitrogens with one attached hydrogen (secondary N) is 1. The van der Waals surface area contributed by atoms with E-state index in [1.807, 2.05) is 19.1 Å². The maximum atomic E-state index is 11.6. The molecule has 5 heteroatoms. The maximum Gasteiger partial charge on any atom is 0.212 e. The van der Waals surface area contributed by atoms with Crippen LogP contribution in [0.25, 0.3) is 0 Å². The van der Waals surface area contributed by atoms with Crippen LogP contribution in [0.4, 0.5) is 0 Å². The van der Waals surface area contributed by atoms with Gasteiger partial charge in [-0.05, 0) is 31.0 Å². The minimum Gasteiger partial charge on any atom is -0.212 e. The molecule has 0 unspecified atom stereocenters. The molecule has 0 saturated heterocycles. The van der Waals surface area contributed by atoms with Crippen LogP contribution in [-0.2, 0) is 10.0 Å². The van der Waals surface area contributed by atoms with Crippen molar-refractivity contribution in [1.29, 1.82) is 0 Å². The Bertz CT molecular complexity index is 445. The summed E-state index contributed by atoms with van der Waals surface area (Å²) < 4.78 is 25.7. The Morgan fingerprint density at radius 1 is 1.44 bits per heavy atom. The molecule has 0 fully saturated rings. The summed E-state index contributed by atoms with van der Waals surface area (Å²) in [5, 5.41) is 0.610. The third-order valence-electron chi connectivity index (χ3n) is 2.18. The lowest BCUT2D eigenvalue weighted by atomic mass is 10.1. The lowest BCUT2D eigenvalue weighted by Crippen LogP contribution is -2.28. The first-order valence-corrected chi connectivity index (χ1v) is 7.23. The minimum atomic E-state index is -3.18. The topological polar surface area (TPSA) is 46.2 Å². The van der Waals surface area contributed by atoms with E-state index in [1.165, 1.54) is 0 Å². The highest BCUT2D eigenvalue weighted by atomic mass is 35.5. The van der Waals surface area contributed by atoms with Gasteiger partial charge in [0.15, 0.2) is 0 Å². The Kier molecular flexibility index (Phi) is 4.77. The van der Waals surface area contributed by atoms with Crippen molar-refractivity contribution in [3.63, 3.8) is 0 Å². The second kappa shape index (κ2) is 5.66. The Morgan fingerprint density at radius 3 is 2.69 bits per heavy atom. The van der Waals surface area contributed by atoms with Crippen molar-refractivity contribution in [3.8, 4) is 0 Å². The average molecular weight is 262 g/mol. The van der Waals surface area contributed by atoms with Gasteiger partial charge in [-0.2, -0.15) is 0 Å². The molecule has 1 aromatic carbocycles. The molecule has 3 nitrogen and oxygen atoms in total. The number of hydrogen-bond donors (Lipinski definition) is 1. The van der Waals surface area contributed by atoms with Crippen molar-refractivity contribution in [2.24, 2.45) is 0 Å². The Labute approximate surface area is 102 Å². The van der Waals surface area contributed by atoms with Gasteiger partial charge in [0.05, 0.1) is 5.75 Å². The van der Waals surface area contributed by atoms with Crippen LogP contribution in [0.2, 0.25) is 5.02 Å². The van der Waals surface area contributed by atoms with E-state index < -0.39 is 10.0 Å². The van der Waals surface area contributed by atoms with Crippen LogP contribution in [0, 0.1) is 0 Å². The molecule has 0 radical (unpaired) electrons. The standard InChI is InChI=1S/C11H16ClNO2S/c1-3-7-16(14,15)13-9(2)10-5-4-6-11(12)8-10/h4-6,8-9,13H,3,7H2,1-2H3/t9-/m0/s1. The van der Waals surface area contributed by atoms with Gasteiger partial charge in [0.25, 0.3) is 0 Å².